The Bertz CT molecular complexity index is 1020. The topological polar surface area (TPSA) is 66.1 Å². The highest BCUT2D eigenvalue weighted by Gasteiger charge is 2.23. The fourth-order valence-electron chi connectivity index (χ4n) is 2.89. The number of halogens is 1. The van der Waals surface area contributed by atoms with Crippen molar-refractivity contribution in [1.82, 2.24) is 4.98 Å². The number of fused-ring (bicyclic) bond motifs is 1. The Balaban J connectivity index is 1.46. The largest absolute Gasteiger partial charge is 0.379 e. The lowest BCUT2D eigenvalue weighted by atomic mass is 10.1. The van der Waals surface area contributed by atoms with Crippen molar-refractivity contribution in [2.24, 2.45) is 0 Å². The van der Waals surface area contributed by atoms with Crippen molar-refractivity contribution in [2.75, 3.05) is 16.0 Å². The maximum absolute atomic E-state index is 14.4. The quantitative estimate of drug-likeness (QED) is 0.596. The molecular weight excluding hydrogens is 343 g/mol. The number of nitrogens with zero attached hydrogens (tertiary/aromatic N) is 1. The fourth-order valence-corrected chi connectivity index (χ4v) is 2.89. The molecule has 2 aromatic carbocycles. The van der Waals surface area contributed by atoms with E-state index in [4.69, 9.17) is 0 Å². The molecule has 6 heteroatoms. The van der Waals surface area contributed by atoms with E-state index in [1.54, 1.807) is 30.7 Å². The maximum atomic E-state index is 14.4. The van der Waals surface area contributed by atoms with E-state index >= 15 is 0 Å². The summed E-state index contributed by atoms with van der Waals surface area (Å²) >= 11 is 0. The Morgan fingerprint density at radius 2 is 2.00 bits per heavy atom. The van der Waals surface area contributed by atoms with E-state index in [1.165, 1.54) is 6.07 Å². The number of para-hydroxylation sites is 1. The summed E-state index contributed by atoms with van der Waals surface area (Å²) in [6, 6.07) is 16.0. The predicted molar refractivity (Wildman–Crippen MR) is 105 cm³/mol. The van der Waals surface area contributed by atoms with Crippen LogP contribution in [0.4, 0.5) is 21.5 Å². The summed E-state index contributed by atoms with van der Waals surface area (Å²) in [5.74, 6) is -0.558. The zero-order valence-electron chi connectivity index (χ0n) is 14.4. The summed E-state index contributed by atoms with van der Waals surface area (Å²) in [4.78, 5) is 16.1. The van der Waals surface area contributed by atoms with E-state index in [-0.39, 0.29) is 11.7 Å². The summed E-state index contributed by atoms with van der Waals surface area (Å²) in [5.41, 5.74) is 4.05. The number of rotatable bonds is 5. The number of benzene rings is 2. The van der Waals surface area contributed by atoms with Gasteiger partial charge in [-0.2, -0.15) is 0 Å². The number of nitrogens with one attached hydrogen (secondary N) is 3. The molecule has 3 N–H and O–H groups in total. The Morgan fingerprint density at radius 3 is 2.81 bits per heavy atom. The second kappa shape index (κ2) is 7.29. The van der Waals surface area contributed by atoms with Crippen LogP contribution in [-0.4, -0.2) is 10.9 Å². The first-order valence-electron chi connectivity index (χ1n) is 8.50. The van der Waals surface area contributed by atoms with Crippen molar-refractivity contribution < 1.29 is 9.18 Å². The van der Waals surface area contributed by atoms with Crippen LogP contribution in [-0.2, 0) is 11.3 Å². The van der Waals surface area contributed by atoms with Crippen LogP contribution in [0.25, 0.3) is 5.57 Å². The van der Waals surface area contributed by atoms with Gasteiger partial charge in [0.2, 0.25) is 0 Å². The SMILES string of the molecule is O=C1Nc2ccccc2/C1=C\Nc1ccc(NCc2cccnc2)c(F)c1. The van der Waals surface area contributed by atoms with Gasteiger partial charge in [-0.1, -0.05) is 24.3 Å². The van der Waals surface area contributed by atoms with Crippen molar-refractivity contribution in [3.63, 3.8) is 0 Å². The second-order valence-electron chi connectivity index (χ2n) is 6.11. The Morgan fingerprint density at radius 1 is 1.11 bits per heavy atom. The molecule has 1 aliphatic heterocycles. The van der Waals surface area contributed by atoms with Crippen LogP contribution in [0.2, 0.25) is 0 Å². The van der Waals surface area contributed by atoms with Crippen molar-refractivity contribution >= 4 is 28.5 Å². The lowest BCUT2D eigenvalue weighted by Gasteiger charge is -2.09. The van der Waals surface area contributed by atoms with Crippen LogP contribution in [0.5, 0.6) is 0 Å². The van der Waals surface area contributed by atoms with Gasteiger partial charge in [-0.05, 0) is 35.9 Å². The minimum atomic E-state index is -0.376. The van der Waals surface area contributed by atoms with Gasteiger partial charge in [-0.15, -0.1) is 0 Å². The molecule has 0 radical (unpaired) electrons. The fraction of sp³-hybridized carbons (Fsp3) is 0.0476. The summed E-state index contributed by atoms with van der Waals surface area (Å²) in [5, 5.41) is 8.85. The van der Waals surface area contributed by atoms with E-state index in [9.17, 15) is 9.18 Å². The molecule has 0 atom stereocenters. The summed E-state index contributed by atoms with van der Waals surface area (Å²) < 4.78 is 14.4. The number of amides is 1. The Hall–Kier alpha value is -3.67. The third-order valence-corrected chi connectivity index (χ3v) is 4.27. The van der Waals surface area contributed by atoms with E-state index in [0.29, 0.717) is 23.5 Å². The molecule has 134 valence electrons. The van der Waals surface area contributed by atoms with Crippen LogP contribution in [0.15, 0.2) is 73.2 Å². The molecule has 4 rings (SSSR count). The Labute approximate surface area is 156 Å². The van der Waals surface area contributed by atoms with Crippen molar-refractivity contribution in [3.8, 4) is 0 Å². The molecule has 2 heterocycles. The summed E-state index contributed by atoms with van der Waals surface area (Å²) in [6.45, 7) is 0.485. The highest BCUT2D eigenvalue weighted by molar-refractivity contribution is 6.31. The van der Waals surface area contributed by atoms with Crippen molar-refractivity contribution in [2.45, 2.75) is 6.54 Å². The number of pyridine rings is 1. The standard InChI is InChI=1S/C21H17FN4O/c22-18-10-15(7-8-20(18)25-12-14-4-3-9-23-11-14)24-13-17-16-5-1-2-6-19(16)26-21(17)27/h1-11,13,24-25H,12H2,(H,26,27)/b17-13+. The lowest BCUT2D eigenvalue weighted by molar-refractivity contribution is -0.110. The average molecular weight is 360 g/mol. The molecule has 1 aromatic heterocycles. The number of carbonyl (C=O) groups excluding carboxylic acids is 1. The zero-order chi connectivity index (χ0) is 18.6. The number of carbonyl (C=O) groups is 1. The third kappa shape index (κ3) is 3.64. The molecule has 0 saturated carbocycles. The lowest BCUT2D eigenvalue weighted by Crippen LogP contribution is -2.05. The van der Waals surface area contributed by atoms with Crippen LogP contribution >= 0.6 is 0 Å². The molecule has 27 heavy (non-hydrogen) atoms. The highest BCUT2D eigenvalue weighted by Crippen LogP contribution is 2.31. The molecule has 0 fully saturated rings. The minimum Gasteiger partial charge on any atom is -0.379 e. The molecule has 3 aromatic rings. The number of anilines is 3. The molecule has 0 bridgehead atoms. The van der Waals surface area contributed by atoms with Gasteiger partial charge >= 0.3 is 0 Å². The second-order valence-corrected chi connectivity index (χ2v) is 6.11. The van der Waals surface area contributed by atoms with E-state index in [1.807, 2.05) is 36.4 Å². The molecule has 0 saturated heterocycles. The molecule has 5 nitrogen and oxygen atoms in total. The van der Waals surface area contributed by atoms with Crippen LogP contribution in [0.1, 0.15) is 11.1 Å². The van der Waals surface area contributed by atoms with Crippen LogP contribution < -0.4 is 16.0 Å². The van der Waals surface area contributed by atoms with Crippen LogP contribution in [0, 0.1) is 5.82 Å². The summed E-state index contributed by atoms with van der Waals surface area (Å²) in [7, 11) is 0. The number of hydrogen-bond donors (Lipinski definition) is 3. The monoisotopic (exact) mass is 360 g/mol. The van der Waals surface area contributed by atoms with Crippen molar-refractivity contribution in [3.05, 3.63) is 90.1 Å². The molecule has 0 aliphatic carbocycles. The normalized spacial score (nSPS) is 14.0. The van der Waals surface area contributed by atoms with Gasteiger partial charge in [0.1, 0.15) is 5.82 Å². The van der Waals surface area contributed by atoms with Crippen molar-refractivity contribution in [1.29, 1.82) is 0 Å². The number of hydrogen-bond acceptors (Lipinski definition) is 4. The van der Waals surface area contributed by atoms with E-state index < -0.39 is 0 Å². The minimum absolute atomic E-state index is 0.182. The first-order valence-corrected chi connectivity index (χ1v) is 8.50. The van der Waals surface area contributed by atoms with Gasteiger partial charge in [-0.3, -0.25) is 9.78 Å². The highest BCUT2D eigenvalue weighted by atomic mass is 19.1. The summed E-state index contributed by atoms with van der Waals surface area (Å²) in [6.07, 6.45) is 5.03. The first kappa shape index (κ1) is 16.8. The van der Waals surface area contributed by atoms with Crippen LogP contribution in [0.3, 0.4) is 0 Å². The predicted octanol–water partition coefficient (Wildman–Crippen LogP) is 4.24. The van der Waals surface area contributed by atoms with Gasteiger partial charge in [0, 0.05) is 42.1 Å². The number of aromatic nitrogens is 1. The Kier molecular flexibility index (Phi) is 4.53. The van der Waals surface area contributed by atoms with Gasteiger partial charge in [-0.25, -0.2) is 4.39 Å². The third-order valence-electron chi connectivity index (χ3n) is 4.27. The maximum Gasteiger partial charge on any atom is 0.257 e. The molecule has 1 amide bonds. The van der Waals surface area contributed by atoms with Gasteiger partial charge in [0.15, 0.2) is 0 Å². The van der Waals surface area contributed by atoms with Gasteiger partial charge in [0.05, 0.1) is 11.3 Å². The van der Waals surface area contributed by atoms with Gasteiger partial charge in [0.25, 0.3) is 5.91 Å². The van der Waals surface area contributed by atoms with E-state index in [2.05, 4.69) is 20.9 Å². The molecule has 0 unspecified atom stereocenters. The molecule has 1 aliphatic rings. The first-order chi connectivity index (χ1) is 13.2. The van der Waals surface area contributed by atoms with Gasteiger partial charge < -0.3 is 16.0 Å². The van der Waals surface area contributed by atoms with E-state index in [0.717, 1.165) is 16.8 Å². The smallest absolute Gasteiger partial charge is 0.257 e. The zero-order valence-corrected chi connectivity index (χ0v) is 14.4. The molecular formula is C21H17FN4O. The average Bonchev–Trinajstić information content (AvgIpc) is 3.01. The molecule has 0 spiro atoms.